The summed E-state index contributed by atoms with van der Waals surface area (Å²) in [6, 6.07) is 11.9. The van der Waals surface area contributed by atoms with Gasteiger partial charge in [-0.2, -0.15) is 4.31 Å². The normalized spacial score (nSPS) is 15.1. The topological polar surface area (TPSA) is 92.3 Å². The first-order valence-electron chi connectivity index (χ1n) is 9.78. The van der Waals surface area contributed by atoms with Gasteiger partial charge in [-0.25, -0.2) is 13.4 Å². The summed E-state index contributed by atoms with van der Waals surface area (Å²) in [5.41, 5.74) is 2.00. The van der Waals surface area contributed by atoms with Crippen molar-refractivity contribution >= 4 is 33.0 Å². The van der Waals surface area contributed by atoms with Gasteiger partial charge in [-0.05, 0) is 49.2 Å². The van der Waals surface area contributed by atoms with Gasteiger partial charge in [0.05, 0.1) is 22.7 Å². The van der Waals surface area contributed by atoms with Gasteiger partial charge in [-0.1, -0.05) is 12.5 Å². The number of piperidine rings is 1. The van der Waals surface area contributed by atoms with Crippen molar-refractivity contribution in [2.75, 3.05) is 18.4 Å². The summed E-state index contributed by atoms with van der Waals surface area (Å²) in [4.78, 5) is 21.4. The minimum Gasteiger partial charge on any atom is -0.326 e. The van der Waals surface area contributed by atoms with E-state index in [4.69, 9.17) is 0 Å². The van der Waals surface area contributed by atoms with Crippen molar-refractivity contribution in [3.63, 3.8) is 0 Å². The van der Waals surface area contributed by atoms with E-state index < -0.39 is 10.0 Å². The molecule has 0 atom stereocenters. The molecule has 1 aliphatic rings. The van der Waals surface area contributed by atoms with Crippen LogP contribution >= 0.6 is 11.3 Å². The molecule has 0 saturated carbocycles. The Morgan fingerprint density at radius 1 is 1.07 bits per heavy atom. The number of hydrogen-bond donors (Lipinski definition) is 1. The number of nitrogens with one attached hydrogen (secondary N) is 1. The van der Waals surface area contributed by atoms with Crippen LogP contribution in [0.5, 0.6) is 0 Å². The fourth-order valence-corrected chi connectivity index (χ4v) is 5.64. The highest BCUT2D eigenvalue weighted by Crippen LogP contribution is 2.23. The Balaban J connectivity index is 1.38. The van der Waals surface area contributed by atoms with Crippen LogP contribution in [0.15, 0.2) is 58.9 Å². The van der Waals surface area contributed by atoms with Gasteiger partial charge in [0, 0.05) is 30.4 Å². The third kappa shape index (κ3) is 4.75. The van der Waals surface area contributed by atoms with Gasteiger partial charge in [0.1, 0.15) is 5.01 Å². The van der Waals surface area contributed by atoms with Crippen molar-refractivity contribution in [3.05, 3.63) is 59.7 Å². The number of amides is 1. The van der Waals surface area contributed by atoms with E-state index >= 15 is 0 Å². The fraction of sp³-hybridized carbons (Fsp3) is 0.286. The Hall–Kier alpha value is -2.62. The summed E-state index contributed by atoms with van der Waals surface area (Å²) in [6.07, 6.45) is 4.70. The molecule has 7 nitrogen and oxygen atoms in total. The van der Waals surface area contributed by atoms with Gasteiger partial charge in [0.2, 0.25) is 15.9 Å². The number of nitrogens with zero attached hydrogens (tertiary/aromatic N) is 3. The van der Waals surface area contributed by atoms with E-state index in [9.17, 15) is 13.2 Å². The molecule has 9 heteroatoms. The average Bonchev–Trinajstić information content (AvgIpc) is 3.24. The molecule has 30 heavy (non-hydrogen) atoms. The number of carbonyl (C=O) groups is 1. The summed E-state index contributed by atoms with van der Waals surface area (Å²) in [5, 5.41) is 5.41. The standard InChI is InChI=1S/C21H22N4O3S2/c26-20(14-17-15-29-21(24-17)19-6-2-3-11-22-19)23-16-7-9-18(10-8-16)30(27,28)25-12-4-1-5-13-25/h2-3,6-11,15H,1,4-5,12-14H2,(H,23,26). The number of carbonyl (C=O) groups excluding carboxylic acids is 1. The average molecular weight is 443 g/mol. The largest absolute Gasteiger partial charge is 0.326 e. The minimum atomic E-state index is -3.47. The van der Waals surface area contributed by atoms with Gasteiger partial charge in [0.25, 0.3) is 0 Å². The lowest BCUT2D eigenvalue weighted by molar-refractivity contribution is -0.115. The molecule has 2 aromatic heterocycles. The fourth-order valence-electron chi connectivity index (χ4n) is 3.33. The maximum absolute atomic E-state index is 12.7. The number of pyridine rings is 1. The Labute approximate surface area is 179 Å². The van der Waals surface area contributed by atoms with Gasteiger partial charge in [-0.3, -0.25) is 9.78 Å². The van der Waals surface area contributed by atoms with Gasteiger partial charge >= 0.3 is 0 Å². The molecule has 0 unspecified atom stereocenters. The van der Waals surface area contributed by atoms with E-state index in [1.165, 1.54) is 15.6 Å². The molecule has 1 fully saturated rings. The van der Waals surface area contributed by atoms with Crippen LogP contribution in [0.1, 0.15) is 25.0 Å². The number of sulfonamides is 1. The summed E-state index contributed by atoms with van der Waals surface area (Å²) < 4.78 is 26.9. The number of hydrogen-bond acceptors (Lipinski definition) is 6. The SMILES string of the molecule is O=C(Cc1csc(-c2ccccn2)n1)Nc1ccc(S(=O)(=O)N2CCCCC2)cc1. The van der Waals surface area contributed by atoms with E-state index in [0.29, 0.717) is 24.5 Å². The van der Waals surface area contributed by atoms with Crippen molar-refractivity contribution in [1.29, 1.82) is 0 Å². The molecule has 3 heterocycles. The summed E-state index contributed by atoms with van der Waals surface area (Å²) >= 11 is 1.44. The third-order valence-electron chi connectivity index (χ3n) is 4.87. The number of anilines is 1. The number of thiazole rings is 1. The zero-order valence-electron chi connectivity index (χ0n) is 16.3. The molecule has 1 N–H and O–H groups in total. The van der Waals surface area contributed by atoms with E-state index in [2.05, 4.69) is 15.3 Å². The quantitative estimate of drug-likeness (QED) is 0.630. The molecule has 0 bridgehead atoms. The monoisotopic (exact) mass is 442 g/mol. The van der Waals surface area contributed by atoms with E-state index in [0.717, 1.165) is 30.0 Å². The predicted molar refractivity (Wildman–Crippen MR) is 117 cm³/mol. The summed E-state index contributed by atoms with van der Waals surface area (Å²) in [7, 11) is -3.47. The van der Waals surface area contributed by atoms with E-state index in [1.807, 2.05) is 23.6 Å². The second-order valence-electron chi connectivity index (χ2n) is 7.07. The summed E-state index contributed by atoms with van der Waals surface area (Å²) in [6.45, 7) is 1.13. The van der Waals surface area contributed by atoms with Crippen molar-refractivity contribution in [2.24, 2.45) is 0 Å². The van der Waals surface area contributed by atoms with Crippen LogP contribution in [0.4, 0.5) is 5.69 Å². The molecular formula is C21H22N4O3S2. The molecule has 1 amide bonds. The lowest BCUT2D eigenvalue weighted by Gasteiger charge is -2.25. The Bertz CT molecular complexity index is 1110. The first-order chi connectivity index (χ1) is 14.5. The molecule has 1 aliphatic heterocycles. The van der Waals surface area contributed by atoms with Crippen molar-refractivity contribution in [2.45, 2.75) is 30.6 Å². The highest BCUT2D eigenvalue weighted by Gasteiger charge is 2.25. The molecule has 0 aliphatic carbocycles. The van der Waals surface area contributed by atoms with Crippen molar-refractivity contribution in [1.82, 2.24) is 14.3 Å². The van der Waals surface area contributed by atoms with Crippen LogP contribution in [0.25, 0.3) is 10.7 Å². The zero-order valence-corrected chi connectivity index (χ0v) is 18.0. The second kappa shape index (κ2) is 9.03. The van der Waals surface area contributed by atoms with Crippen LogP contribution in [0, 0.1) is 0 Å². The number of benzene rings is 1. The third-order valence-corrected chi connectivity index (χ3v) is 7.69. The van der Waals surface area contributed by atoms with Crippen molar-refractivity contribution in [3.8, 4) is 10.7 Å². The van der Waals surface area contributed by atoms with Crippen LogP contribution in [-0.4, -0.2) is 41.7 Å². The van der Waals surface area contributed by atoms with Crippen LogP contribution in [0.2, 0.25) is 0 Å². The maximum atomic E-state index is 12.7. The second-order valence-corrected chi connectivity index (χ2v) is 9.87. The van der Waals surface area contributed by atoms with Crippen LogP contribution in [0.3, 0.4) is 0 Å². The predicted octanol–water partition coefficient (Wildman–Crippen LogP) is 3.56. The van der Waals surface area contributed by atoms with Gasteiger partial charge in [0.15, 0.2) is 0 Å². The van der Waals surface area contributed by atoms with E-state index in [1.54, 1.807) is 30.5 Å². The van der Waals surface area contributed by atoms with Gasteiger partial charge in [-0.15, -0.1) is 11.3 Å². The Morgan fingerprint density at radius 3 is 2.53 bits per heavy atom. The van der Waals surface area contributed by atoms with E-state index in [-0.39, 0.29) is 17.2 Å². The smallest absolute Gasteiger partial charge is 0.243 e. The highest BCUT2D eigenvalue weighted by atomic mass is 32.2. The Morgan fingerprint density at radius 2 is 1.83 bits per heavy atom. The first kappa shape index (κ1) is 20.6. The lowest BCUT2D eigenvalue weighted by atomic mass is 10.2. The molecule has 1 saturated heterocycles. The van der Waals surface area contributed by atoms with Crippen LogP contribution in [-0.2, 0) is 21.2 Å². The first-order valence-corrected chi connectivity index (χ1v) is 12.1. The maximum Gasteiger partial charge on any atom is 0.243 e. The number of aromatic nitrogens is 2. The molecule has 3 aromatic rings. The van der Waals surface area contributed by atoms with Crippen molar-refractivity contribution < 1.29 is 13.2 Å². The van der Waals surface area contributed by atoms with Crippen LogP contribution < -0.4 is 5.32 Å². The Kier molecular flexibility index (Phi) is 6.21. The lowest BCUT2D eigenvalue weighted by Crippen LogP contribution is -2.35. The molecule has 0 spiro atoms. The highest BCUT2D eigenvalue weighted by molar-refractivity contribution is 7.89. The summed E-state index contributed by atoms with van der Waals surface area (Å²) in [5.74, 6) is -0.209. The molecule has 0 radical (unpaired) electrons. The molecule has 156 valence electrons. The zero-order chi connectivity index (χ0) is 21.0. The molecule has 1 aromatic carbocycles. The minimum absolute atomic E-state index is 0.136. The van der Waals surface area contributed by atoms with Gasteiger partial charge < -0.3 is 5.32 Å². The number of rotatable bonds is 6. The molecular weight excluding hydrogens is 420 g/mol. The molecule has 4 rings (SSSR count).